The topological polar surface area (TPSA) is 47.6 Å². The molecule has 146 valence electrons. The number of ether oxygens (including phenoxy) is 2. The quantitative estimate of drug-likeness (QED) is 0.750. The molecule has 0 spiro atoms. The summed E-state index contributed by atoms with van der Waals surface area (Å²) in [5, 5.41) is 1.68. The standard InChI is InChI=1S/C17H13F6NO3/c1-26-13-4-2-3-11(14(13)27-17(21,22)23)9-10-5-7-12(8-6-10)24-15(25)16(18,19)20/h2-8H,9H2,1H3,(H,24,25). The molecule has 0 aliphatic rings. The highest BCUT2D eigenvalue weighted by Gasteiger charge is 2.38. The van der Waals surface area contributed by atoms with Crippen LogP contribution in [0.15, 0.2) is 42.5 Å². The number of hydrogen-bond acceptors (Lipinski definition) is 3. The monoisotopic (exact) mass is 393 g/mol. The molecule has 27 heavy (non-hydrogen) atoms. The van der Waals surface area contributed by atoms with Crippen LogP contribution in [-0.2, 0) is 11.2 Å². The Morgan fingerprint density at radius 2 is 1.63 bits per heavy atom. The number of benzene rings is 2. The van der Waals surface area contributed by atoms with Crippen molar-refractivity contribution in [2.24, 2.45) is 0 Å². The van der Waals surface area contributed by atoms with E-state index in [0.717, 1.165) is 0 Å². The van der Waals surface area contributed by atoms with E-state index in [1.165, 1.54) is 49.6 Å². The summed E-state index contributed by atoms with van der Waals surface area (Å²) in [6.45, 7) is 0. The summed E-state index contributed by atoms with van der Waals surface area (Å²) >= 11 is 0. The van der Waals surface area contributed by atoms with Crippen molar-refractivity contribution < 1.29 is 40.6 Å². The smallest absolute Gasteiger partial charge is 0.493 e. The lowest BCUT2D eigenvalue weighted by molar-refractivity contribution is -0.275. The number of carbonyl (C=O) groups is 1. The van der Waals surface area contributed by atoms with Gasteiger partial charge < -0.3 is 14.8 Å². The lowest BCUT2D eigenvalue weighted by atomic mass is 10.0. The van der Waals surface area contributed by atoms with Crippen LogP contribution in [0.3, 0.4) is 0 Å². The summed E-state index contributed by atoms with van der Waals surface area (Å²) in [5.74, 6) is -2.73. The van der Waals surface area contributed by atoms with Crippen molar-refractivity contribution in [3.8, 4) is 11.5 Å². The van der Waals surface area contributed by atoms with E-state index in [9.17, 15) is 31.1 Å². The van der Waals surface area contributed by atoms with Gasteiger partial charge in [-0.25, -0.2) is 0 Å². The molecule has 2 aromatic carbocycles. The van der Waals surface area contributed by atoms with Gasteiger partial charge in [-0.3, -0.25) is 4.79 Å². The van der Waals surface area contributed by atoms with Crippen molar-refractivity contribution in [1.29, 1.82) is 0 Å². The number of alkyl halides is 6. The fourth-order valence-electron chi connectivity index (χ4n) is 2.22. The van der Waals surface area contributed by atoms with E-state index in [1.807, 2.05) is 0 Å². The van der Waals surface area contributed by atoms with Crippen molar-refractivity contribution in [2.75, 3.05) is 12.4 Å². The van der Waals surface area contributed by atoms with E-state index in [2.05, 4.69) is 4.74 Å². The van der Waals surface area contributed by atoms with Gasteiger partial charge in [-0.15, -0.1) is 13.2 Å². The Bertz CT molecular complexity index is 800. The summed E-state index contributed by atoms with van der Waals surface area (Å²) < 4.78 is 83.5. The molecule has 2 aromatic rings. The van der Waals surface area contributed by atoms with Gasteiger partial charge in [0.15, 0.2) is 11.5 Å². The zero-order chi connectivity index (χ0) is 20.2. The van der Waals surface area contributed by atoms with Crippen molar-refractivity contribution in [3.05, 3.63) is 53.6 Å². The Hall–Kier alpha value is -2.91. The largest absolute Gasteiger partial charge is 0.573 e. The zero-order valence-corrected chi connectivity index (χ0v) is 13.7. The fraction of sp³-hybridized carbons (Fsp3) is 0.235. The van der Waals surface area contributed by atoms with Gasteiger partial charge in [-0.2, -0.15) is 13.2 Å². The van der Waals surface area contributed by atoms with Crippen LogP contribution in [-0.4, -0.2) is 25.6 Å². The average molecular weight is 393 g/mol. The molecule has 0 fully saturated rings. The number of anilines is 1. The van der Waals surface area contributed by atoms with Crippen LogP contribution in [0.1, 0.15) is 11.1 Å². The molecule has 0 saturated carbocycles. The summed E-state index contributed by atoms with van der Waals surface area (Å²) in [7, 11) is 1.19. The Balaban J connectivity index is 2.21. The summed E-state index contributed by atoms with van der Waals surface area (Å²) in [6, 6.07) is 9.37. The van der Waals surface area contributed by atoms with Crippen molar-refractivity contribution in [2.45, 2.75) is 19.0 Å². The normalized spacial score (nSPS) is 11.8. The molecule has 10 heteroatoms. The molecule has 0 aromatic heterocycles. The van der Waals surface area contributed by atoms with Gasteiger partial charge >= 0.3 is 18.4 Å². The Morgan fingerprint density at radius 1 is 1.00 bits per heavy atom. The molecule has 0 aliphatic heterocycles. The van der Waals surface area contributed by atoms with Crippen LogP contribution in [0.25, 0.3) is 0 Å². The van der Waals surface area contributed by atoms with Crippen LogP contribution in [0.4, 0.5) is 32.0 Å². The fourth-order valence-corrected chi connectivity index (χ4v) is 2.22. The van der Waals surface area contributed by atoms with Gasteiger partial charge in [-0.1, -0.05) is 24.3 Å². The second kappa shape index (κ2) is 7.77. The highest BCUT2D eigenvalue weighted by molar-refractivity contribution is 5.94. The molecule has 0 radical (unpaired) electrons. The molecule has 2 rings (SSSR count). The Labute approximate surface area is 149 Å². The van der Waals surface area contributed by atoms with E-state index in [1.54, 1.807) is 5.32 Å². The summed E-state index contributed by atoms with van der Waals surface area (Å²) in [4.78, 5) is 10.9. The van der Waals surface area contributed by atoms with Crippen LogP contribution in [0.5, 0.6) is 11.5 Å². The number of amides is 1. The van der Waals surface area contributed by atoms with Crippen molar-refractivity contribution in [3.63, 3.8) is 0 Å². The number of nitrogens with one attached hydrogen (secondary N) is 1. The minimum atomic E-state index is -5.02. The van der Waals surface area contributed by atoms with Gasteiger partial charge in [0.25, 0.3) is 0 Å². The number of hydrogen-bond donors (Lipinski definition) is 1. The van der Waals surface area contributed by atoms with Crippen LogP contribution >= 0.6 is 0 Å². The lowest BCUT2D eigenvalue weighted by Gasteiger charge is -2.16. The third-order valence-corrected chi connectivity index (χ3v) is 3.36. The number of halogens is 6. The maximum atomic E-state index is 12.6. The number of methoxy groups -OCH3 is 1. The summed E-state index contributed by atoms with van der Waals surface area (Å²) in [5.41, 5.74) is 0.553. The molecule has 0 aliphatic carbocycles. The van der Waals surface area contributed by atoms with E-state index < -0.39 is 24.2 Å². The molecule has 1 N–H and O–H groups in total. The van der Waals surface area contributed by atoms with Gasteiger partial charge in [0.05, 0.1) is 7.11 Å². The number of carbonyl (C=O) groups excluding carboxylic acids is 1. The van der Waals surface area contributed by atoms with E-state index in [-0.39, 0.29) is 23.4 Å². The predicted molar refractivity (Wildman–Crippen MR) is 83.6 cm³/mol. The first-order valence-corrected chi connectivity index (χ1v) is 7.38. The van der Waals surface area contributed by atoms with Crippen molar-refractivity contribution in [1.82, 2.24) is 0 Å². The first-order chi connectivity index (χ1) is 12.5. The third-order valence-electron chi connectivity index (χ3n) is 3.36. The molecule has 1 amide bonds. The SMILES string of the molecule is COc1cccc(Cc2ccc(NC(=O)C(F)(F)F)cc2)c1OC(F)(F)F. The summed E-state index contributed by atoms with van der Waals surface area (Å²) in [6.07, 6.45) is -9.95. The second-order valence-electron chi connectivity index (χ2n) is 5.32. The van der Waals surface area contributed by atoms with Crippen LogP contribution < -0.4 is 14.8 Å². The highest BCUT2D eigenvalue weighted by atomic mass is 19.4. The van der Waals surface area contributed by atoms with E-state index in [4.69, 9.17) is 4.74 Å². The average Bonchev–Trinajstić information content (AvgIpc) is 2.56. The van der Waals surface area contributed by atoms with Crippen LogP contribution in [0, 0.1) is 0 Å². The predicted octanol–water partition coefficient (Wildman–Crippen LogP) is 4.69. The van der Waals surface area contributed by atoms with Gasteiger partial charge in [0.2, 0.25) is 0 Å². The maximum absolute atomic E-state index is 12.6. The van der Waals surface area contributed by atoms with Gasteiger partial charge in [0, 0.05) is 17.7 Å². The van der Waals surface area contributed by atoms with Gasteiger partial charge in [-0.05, 0) is 23.8 Å². The third kappa shape index (κ3) is 5.80. The second-order valence-corrected chi connectivity index (χ2v) is 5.32. The number of para-hydroxylation sites is 1. The molecular formula is C17H13F6NO3. The van der Waals surface area contributed by atoms with Crippen molar-refractivity contribution >= 4 is 11.6 Å². The molecule has 0 saturated heterocycles. The maximum Gasteiger partial charge on any atom is 0.573 e. The highest BCUT2D eigenvalue weighted by Crippen LogP contribution is 2.36. The van der Waals surface area contributed by atoms with E-state index >= 15 is 0 Å². The molecule has 0 bridgehead atoms. The molecule has 0 heterocycles. The molecular weight excluding hydrogens is 380 g/mol. The molecule has 0 unspecified atom stereocenters. The first-order valence-electron chi connectivity index (χ1n) is 7.38. The Morgan fingerprint density at radius 3 is 2.15 bits per heavy atom. The molecule has 0 atom stereocenters. The Kier molecular flexibility index (Phi) is 5.87. The zero-order valence-electron chi connectivity index (χ0n) is 13.7. The molecule has 4 nitrogen and oxygen atoms in total. The minimum Gasteiger partial charge on any atom is -0.493 e. The van der Waals surface area contributed by atoms with Gasteiger partial charge in [0.1, 0.15) is 0 Å². The minimum absolute atomic E-state index is 0.00386. The first kappa shape index (κ1) is 20.4. The van der Waals surface area contributed by atoms with E-state index in [0.29, 0.717) is 5.56 Å². The van der Waals surface area contributed by atoms with Crippen LogP contribution in [0.2, 0.25) is 0 Å². The lowest BCUT2D eigenvalue weighted by Crippen LogP contribution is -2.29. The number of rotatable bonds is 5.